The number of quaternary nitrogens is 1. The van der Waals surface area contributed by atoms with Gasteiger partial charge in [-0.05, 0) is 71.0 Å². The molecule has 3 aromatic rings. The number of urea groups is 1. The van der Waals surface area contributed by atoms with E-state index in [0.29, 0.717) is 21.0 Å². The van der Waals surface area contributed by atoms with E-state index in [2.05, 4.69) is 45.3 Å². The van der Waals surface area contributed by atoms with Crippen molar-refractivity contribution in [1.82, 2.24) is 4.98 Å². The SMILES string of the molecule is C[N+]1(Oc2cc(NC(=O)Nc3ccc(-c4ccncc4)c(Cl)c3)ccc2I)CCCCC1. The highest BCUT2D eigenvalue weighted by Gasteiger charge is 2.28. The van der Waals surface area contributed by atoms with Crippen molar-refractivity contribution in [2.75, 3.05) is 30.8 Å². The third-order valence-corrected chi connectivity index (χ3v) is 6.69. The van der Waals surface area contributed by atoms with E-state index in [1.54, 1.807) is 18.5 Å². The number of amides is 2. The molecule has 0 radical (unpaired) electrons. The van der Waals surface area contributed by atoms with Crippen molar-refractivity contribution in [2.24, 2.45) is 0 Å². The van der Waals surface area contributed by atoms with Crippen LogP contribution in [0, 0.1) is 3.57 Å². The minimum atomic E-state index is -0.344. The van der Waals surface area contributed by atoms with Crippen molar-refractivity contribution in [2.45, 2.75) is 19.3 Å². The van der Waals surface area contributed by atoms with Gasteiger partial charge in [0.15, 0.2) is 0 Å². The van der Waals surface area contributed by atoms with E-state index in [1.807, 2.05) is 42.5 Å². The van der Waals surface area contributed by atoms with Crippen LogP contribution in [0.2, 0.25) is 5.02 Å². The second kappa shape index (κ2) is 10.1. The Hall–Kier alpha value is -2.36. The van der Waals surface area contributed by atoms with E-state index < -0.39 is 0 Å². The summed E-state index contributed by atoms with van der Waals surface area (Å²) in [5, 5.41) is 6.27. The number of likely N-dealkylation sites (tertiary alicyclic amines) is 1. The molecule has 0 unspecified atom stereocenters. The smallest absolute Gasteiger partial charge is 0.314 e. The Labute approximate surface area is 206 Å². The lowest BCUT2D eigenvalue weighted by atomic mass is 10.1. The summed E-state index contributed by atoms with van der Waals surface area (Å²) in [5.74, 6) is 0.776. The number of aromatic nitrogens is 1. The van der Waals surface area contributed by atoms with E-state index in [-0.39, 0.29) is 6.03 Å². The molecule has 1 saturated heterocycles. The summed E-state index contributed by atoms with van der Waals surface area (Å²) >= 11 is 8.70. The third-order valence-electron chi connectivity index (χ3n) is 5.49. The van der Waals surface area contributed by atoms with Crippen molar-refractivity contribution >= 4 is 51.6 Å². The van der Waals surface area contributed by atoms with Crippen molar-refractivity contribution in [3.8, 4) is 16.9 Å². The number of carbonyl (C=O) groups is 1. The van der Waals surface area contributed by atoms with E-state index in [0.717, 1.165) is 46.4 Å². The van der Waals surface area contributed by atoms with E-state index in [4.69, 9.17) is 16.4 Å². The summed E-state index contributed by atoms with van der Waals surface area (Å²) in [6, 6.07) is 14.6. The number of hydroxylamine groups is 3. The molecule has 6 nitrogen and oxygen atoms in total. The minimum absolute atomic E-state index is 0.344. The van der Waals surface area contributed by atoms with Crippen LogP contribution in [0.4, 0.5) is 16.2 Å². The molecule has 1 aromatic heterocycles. The molecule has 1 fully saturated rings. The van der Waals surface area contributed by atoms with Gasteiger partial charge in [0.25, 0.3) is 0 Å². The second-order valence-corrected chi connectivity index (χ2v) is 9.62. The van der Waals surface area contributed by atoms with Gasteiger partial charge >= 0.3 is 6.03 Å². The van der Waals surface area contributed by atoms with Crippen molar-refractivity contribution in [3.63, 3.8) is 0 Å². The molecule has 2 heterocycles. The van der Waals surface area contributed by atoms with Crippen LogP contribution in [0.25, 0.3) is 11.1 Å². The number of pyridine rings is 1. The van der Waals surface area contributed by atoms with Gasteiger partial charge in [0.1, 0.15) is 20.1 Å². The number of hydrogen-bond donors (Lipinski definition) is 2. The van der Waals surface area contributed by atoms with Crippen LogP contribution < -0.4 is 15.5 Å². The molecule has 0 saturated carbocycles. The normalized spacial score (nSPS) is 15.1. The largest absolute Gasteiger partial charge is 0.323 e. The molecule has 0 bridgehead atoms. The lowest BCUT2D eigenvalue weighted by Crippen LogP contribution is -2.50. The van der Waals surface area contributed by atoms with Gasteiger partial charge in [0.05, 0.1) is 8.59 Å². The number of anilines is 2. The summed E-state index contributed by atoms with van der Waals surface area (Å²) in [5.41, 5.74) is 3.13. The Balaban J connectivity index is 1.42. The quantitative estimate of drug-likeness (QED) is 0.272. The Bertz CT molecular complexity index is 1100. The first-order valence-corrected chi connectivity index (χ1v) is 12.0. The lowest BCUT2D eigenvalue weighted by Gasteiger charge is -2.35. The van der Waals surface area contributed by atoms with Crippen molar-refractivity contribution < 1.29 is 14.3 Å². The minimum Gasteiger partial charge on any atom is -0.314 e. The van der Waals surface area contributed by atoms with Gasteiger partial charge in [-0.25, -0.2) is 4.79 Å². The van der Waals surface area contributed by atoms with Gasteiger partial charge in [-0.3, -0.25) is 4.98 Å². The fraction of sp³-hybridized carbons (Fsp3) is 0.250. The van der Waals surface area contributed by atoms with Crippen LogP contribution in [0.15, 0.2) is 60.9 Å². The predicted molar refractivity (Wildman–Crippen MR) is 137 cm³/mol. The molecule has 8 heteroatoms. The first-order chi connectivity index (χ1) is 15.4. The zero-order valence-electron chi connectivity index (χ0n) is 17.8. The number of benzene rings is 2. The van der Waals surface area contributed by atoms with Gasteiger partial charge in [0.2, 0.25) is 5.75 Å². The Morgan fingerprint density at radius 2 is 1.66 bits per heavy atom. The Morgan fingerprint density at radius 3 is 2.34 bits per heavy atom. The molecular weight excluding hydrogens is 539 g/mol. The van der Waals surface area contributed by atoms with E-state index >= 15 is 0 Å². The fourth-order valence-electron chi connectivity index (χ4n) is 3.81. The maximum atomic E-state index is 12.6. The van der Waals surface area contributed by atoms with Crippen molar-refractivity contribution in [1.29, 1.82) is 0 Å². The number of halogens is 2. The van der Waals surface area contributed by atoms with Gasteiger partial charge in [-0.1, -0.05) is 17.7 Å². The van der Waals surface area contributed by atoms with Crippen LogP contribution in [-0.4, -0.2) is 35.8 Å². The monoisotopic (exact) mass is 563 g/mol. The molecule has 1 aliphatic rings. The summed E-state index contributed by atoms with van der Waals surface area (Å²) in [4.78, 5) is 22.9. The number of nitrogens with zero attached hydrogens (tertiary/aromatic N) is 2. The Morgan fingerprint density at radius 1 is 1.00 bits per heavy atom. The molecule has 2 N–H and O–H groups in total. The molecule has 2 amide bonds. The van der Waals surface area contributed by atoms with Crippen LogP contribution in [0.5, 0.6) is 5.75 Å². The number of nitrogens with one attached hydrogen (secondary N) is 2. The lowest BCUT2D eigenvalue weighted by molar-refractivity contribution is -1.07. The predicted octanol–water partition coefficient (Wildman–Crippen LogP) is 6.57. The van der Waals surface area contributed by atoms with Gasteiger partial charge in [0, 0.05) is 48.2 Å². The average molecular weight is 564 g/mol. The van der Waals surface area contributed by atoms with Gasteiger partial charge < -0.3 is 15.5 Å². The molecule has 2 aromatic carbocycles. The fourth-order valence-corrected chi connectivity index (χ4v) is 4.54. The summed E-state index contributed by atoms with van der Waals surface area (Å²) in [6.45, 7) is 1.98. The maximum Gasteiger partial charge on any atom is 0.323 e. The zero-order chi connectivity index (χ0) is 22.6. The first-order valence-electron chi connectivity index (χ1n) is 10.5. The van der Waals surface area contributed by atoms with E-state index in [1.165, 1.54) is 6.42 Å². The molecule has 0 aliphatic carbocycles. The molecule has 0 atom stereocenters. The topological polar surface area (TPSA) is 63.2 Å². The molecule has 4 rings (SSSR count). The van der Waals surface area contributed by atoms with Gasteiger partial charge in [-0.15, -0.1) is 4.65 Å². The van der Waals surface area contributed by atoms with E-state index in [9.17, 15) is 4.79 Å². The molecule has 32 heavy (non-hydrogen) atoms. The molecule has 1 aliphatic heterocycles. The second-order valence-electron chi connectivity index (χ2n) is 8.05. The summed E-state index contributed by atoms with van der Waals surface area (Å²) in [7, 11) is 2.11. The number of carbonyl (C=O) groups excluding carboxylic acids is 1. The zero-order valence-corrected chi connectivity index (χ0v) is 20.7. The van der Waals surface area contributed by atoms with Crippen LogP contribution in [0.3, 0.4) is 0 Å². The average Bonchev–Trinajstić information content (AvgIpc) is 2.77. The highest BCUT2D eigenvalue weighted by atomic mass is 127. The third kappa shape index (κ3) is 5.70. The molecular formula is C24H25ClIN4O2+. The standard InChI is InChI=1S/C24H24ClIN4O2/c1-30(13-3-2-4-14-30)32-23-16-19(6-8-22(23)26)29-24(31)28-18-5-7-20(21(25)15-18)17-9-11-27-12-10-17/h5-12,15-16H,2-4,13-14H2,1H3,(H-,27,28,29,31)/p+1. The van der Waals surface area contributed by atoms with Crippen LogP contribution in [-0.2, 0) is 0 Å². The number of piperidine rings is 1. The van der Waals surface area contributed by atoms with Gasteiger partial charge in [-0.2, -0.15) is 0 Å². The molecule has 0 spiro atoms. The highest BCUT2D eigenvalue weighted by molar-refractivity contribution is 14.1. The highest BCUT2D eigenvalue weighted by Crippen LogP contribution is 2.31. The van der Waals surface area contributed by atoms with Crippen molar-refractivity contribution in [3.05, 3.63) is 69.5 Å². The molecule has 166 valence electrons. The van der Waals surface area contributed by atoms with Crippen LogP contribution >= 0.6 is 34.2 Å². The first kappa shape index (κ1) is 22.8. The summed E-state index contributed by atoms with van der Waals surface area (Å²) < 4.78 is 1.57. The maximum absolute atomic E-state index is 12.6. The number of rotatable bonds is 5. The number of hydrogen-bond acceptors (Lipinski definition) is 3. The summed E-state index contributed by atoms with van der Waals surface area (Å²) in [6.07, 6.45) is 7.02. The van der Waals surface area contributed by atoms with Crippen LogP contribution in [0.1, 0.15) is 19.3 Å². The Kier molecular flexibility index (Phi) is 7.17.